The van der Waals surface area contributed by atoms with Gasteiger partial charge in [-0.15, -0.1) is 0 Å². The van der Waals surface area contributed by atoms with Gasteiger partial charge in [0.1, 0.15) is 24.8 Å². The van der Waals surface area contributed by atoms with Crippen molar-refractivity contribution in [1.29, 1.82) is 0 Å². The van der Waals surface area contributed by atoms with Gasteiger partial charge in [0.2, 0.25) is 11.8 Å². The summed E-state index contributed by atoms with van der Waals surface area (Å²) in [4.78, 5) is 94.4. The lowest BCUT2D eigenvalue weighted by molar-refractivity contribution is -0.138. The van der Waals surface area contributed by atoms with Crippen LogP contribution in [-0.2, 0) is 41.4 Å². The molecule has 2 fully saturated rings. The number of nitrogens with one attached hydrogen (secondary N) is 2. The number of aromatic amines is 2. The maximum absolute atomic E-state index is 14.8. The zero-order valence-electron chi connectivity index (χ0n) is 45.6. The van der Waals surface area contributed by atoms with E-state index in [9.17, 15) is 47.4 Å². The minimum absolute atomic E-state index is 0.0354. The summed E-state index contributed by atoms with van der Waals surface area (Å²) in [6.07, 6.45) is -0.405. The number of amides is 5. The van der Waals surface area contributed by atoms with Crippen LogP contribution in [0.1, 0.15) is 64.0 Å². The number of fused-ring (bicyclic) bond motifs is 2. The van der Waals surface area contributed by atoms with E-state index >= 15 is 0 Å². The Balaban J connectivity index is 0.000000237. The number of nitrogens with two attached hydrogens (primary N) is 1. The average Bonchev–Trinajstić information content (AvgIpc) is 3.48. The molecule has 432 valence electrons. The zero-order valence-corrected chi connectivity index (χ0v) is 45.6. The first kappa shape index (κ1) is 60.6. The lowest BCUT2D eigenvalue weighted by Gasteiger charge is -2.35. The summed E-state index contributed by atoms with van der Waals surface area (Å²) in [6.45, 7) is 9.89. The van der Waals surface area contributed by atoms with Gasteiger partial charge in [0.25, 0.3) is 22.9 Å². The van der Waals surface area contributed by atoms with Gasteiger partial charge in [0, 0.05) is 94.6 Å². The summed E-state index contributed by atoms with van der Waals surface area (Å²) in [5.41, 5.74) is 6.72. The van der Waals surface area contributed by atoms with E-state index in [4.69, 9.17) is 24.7 Å². The molecule has 5 N–H and O–H groups in total. The summed E-state index contributed by atoms with van der Waals surface area (Å²) in [5.74, 6) is -2.54. The number of halogens is 2. The van der Waals surface area contributed by atoms with Crippen molar-refractivity contribution in [2.75, 3.05) is 118 Å². The van der Waals surface area contributed by atoms with Gasteiger partial charge in [0.05, 0.1) is 72.9 Å². The molecule has 2 aliphatic rings. The molecule has 0 radical (unpaired) electrons. The number of nitrogens with zero attached hydrogens (tertiary/aromatic N) is 7. The van der Waals surface area contributed by atoms with Crippen LogP contribution in [0.5, 0.6) is 0 Å². The molecule has 2 aliphatic heterocycles. The number of aromatic nitrogens is 4. The van der Waals surface area contributed by atoms with Crippen LogP contribution in [0, 0.1) is 11.6 Å². The molecule has 0 bridgehead atoms. The normalized spacial score (nSPS) is 13.8. The molecule has 8 rings (SSSR count). The molecule has 0 atom stereocenters. The third-order valence-electron chi connectivity index (χ3n) is 13.6. The predicted molar refractivity (Wildman–Crippen MR) is 295 cm³/mol. The lowest BCUT2D eigenvalue weighted by atomic mass is 10.0. The quantitative estimate of drug-likeness (QED) is 0.0749. The van der Waals surface area contributed by atoms with E-state index in [1.807, 2.05) is 18.2 Å². The molecular weight excluding hydrogens is 1050 g/mol. The van der Waals surface area contributed by atoms with E-state index < -0.39 is 35.1 Å². The van der Waals surface area contributed by atoms with E-state index in [1.165, 1.54) is 34.1 Å². The van der Waals surface area contributed by atoms with Crippen molar-refractivity contribution < 1.29 is 56.8 Å². The largest absolute Gasteiger partial charge is 0.465 e. The first-order valence-electron chi connectivity index (χ1n) is 26.6. The second-order valence-corrected chi connectivity index (χ2v) is 20.1. The highest BCUT2D eigenvalue weighted by atomic mass is 19.1. The summed E-state index contributed by atoms with van der Waals surface area (Å²) in [5, 5.41) is 25.0. The van der Waals surface area contributed by atoms with Crippen LogP contribution < -0.4 is 16.9 Å². The Hall–Kier alpha value is -8.03. The Morgan fingerprint density at radius 1 is 0.568 bits per heavy atom. The number of benzene rings is 4. The van der Waals surface area contributed by atoms with Gasteiger partial charge < -0.3 is 54.3 Å². The first-order chi connectivity index (χ1) is 38.9. The Bertz CT molecular complexity index is 3280. The molecule has 81 heavy (non-hydrogen) atoms. The van der Waals surface area contributed by atoms with Crippen LogP contribution in [0.4, 0.5) is 13.6 Å². The smallest absolute Gasteiger partial charge is 0.407 e. The summed E-state index contributed by atoms with van der Waals surface area (Å²) < 4.78 is 50.8. The van der Waals surface area contributed by atoms with Crippen LogP contribution in [0.2, 0.25) is 0 Å². The van der Waals surface area contributed by atoms with E-state index in [0.717, 1.165) is 0 Å². The molecule has 2 aromatic heterocycles. The second kappa shape index (κ2) is 28.9. The van der Waals surface area contributed by atoms with Crippen molar-refractivity contribution >= 4 is 51.3 Å². The van der Waals surface area contributed by atoms with Crippen LogP contribution >= 0.6 is 0 Å². The number of carbonyl (C=O) groups excluding carboxylic acids is 4. The Morgan fingerprint density at radius 2 is 0.951 bits per heavy atom. The Kier molecular flexibility index (Phi) is 21.6. The van der Waals surface area contributed by atoms with Gasteiger partial charge in [-0.25, -0.2) is 23.8 Å². The van der Waals surface area contributed by atoms with Crippen molar-refractivity contribution in [1.82, 2.24) is 44.9 Å². The fraction of sp³-hybridized carbons (Fsp3) is 0.421. The number of carboxylic acid groups (broad SMARTS) is 1. The minimum Gasteiger partial charge on any atom is -0.465 e. The topological polar surface area (TPSA) is 276 Å². The zero-order chi connectivity index (χ0) is 58.1. The molecule has 5 amide bonds. The number of H-pyrrole nitrogens is 2. The summed E-state index contributed by atoms with van der Waals surface area (Å²) in [6, 6.07) is 22.9. The SMILES string of the molecule is CC(C)(C)N(CCOCCOCC(=O)N1CCN(C(=O)c2cc(Cc3n[nH]c(=O)c4ccccc34)ccc2F)CC1)C(=O)O.NCCOCCOCC(=O)N1CCN(C(=O)c2cc(Cc3n[nH]c(=O)c4ccccc34)ccc2F)CC1. The van der Waals surface area contributed by atoms with Crippen molar-refractivity contribution in [2.24, 2.45) is 5.73 Å². The van der Waals surface area contributed by atoms with Crippen LogP contribution in [-0.4, -0.2) is 204 Å². The van der Waals surface area contributed by atoms with Gasteiger partial charge in [0.15, 0.2) is 0 Å². The van der Waals surface area contributed by atoms with Crippen LogP contribution in [0.3, 0.4) is 0 Å². The van der Waals surface area contributed by atoms with Crippen molar-refractivity contribution in [3.8, 4) is 0 Å². The monoisotopic (exact) mass is 1120 g/mol. The number of carbonyl (C=O) groups is 5. The van der Waals surface area contributed by atoms with Crippen LogP contribution in [0.25, 0.3) is 21.5 Å². The fourth-order valence-electron chi connectivity index (χ4n) is 9.25. The Labute approximate surface area is 465 Å². The standard InChI is InChI=1S/C31H38FN5O7.C26H30FN5O5/c1-31(2,3)37(30(41)42)14-15-43-16-17-44-20-27(38)35-10-12-36(13-11-35)29(40)24-18-21(8-9-25(24)32)19-26-22-6-4-5-7-23(22)28(39)34-33-26;27-22-6-5-18(16-23-19-3-1-2-4-20(19)25(34)30-29-23)15-21(22)26(35)32-10-8-31(9-11-32)24(33)17-37-14-13-36-12-7-28/h4-9,18H,10-17,19-20H2,1-3H3,(H,34,39)(H,41,42);1-6,15H,7-14,16-17,28H2,(H,30,34). The fourth-order valence-corrected chi connectivity index (χ4v) is 9.25. The van der Waals surface area contributed by atoms with E-state index in [-0.39, 0.29) is 99.8 Å². The van der Waals surface area contributed by atoms with Crippen LogP contribution in [0.15, 0.2) is 94.5 Å². The number of piperazine rings is 2. The van der Waals surface area contributed by atoms with Gasteiger partial charge in [-0.1, -0.05) is 48.5 Å². The maximum Gasteiger partial charge on any atom is 0.407 e. The predicted octanol–water partition coefficient (Wildman–Crippen LogP) is 3.68. The number of hydrogen-bond acceptors (Lipinski definition) is 14. The van der Waals surface area contributed by atoms with Crippen molar-refractivity contribution in [3.63, 3.8) is 0 Å². The molecule has 0 spiro atoms. The summed E-state index contributed by atoms with van der Waals surface area (Å²) >= 11 is 0. The van der Waals surface area contributed by atoms with Gasteiger partial charge in [-0.2, -0.15) is 10.2 Å². The van der Waals surface area contributed by atoms with E-state index in [1.54, 1.807) is 77.9 Å². The molecule has 22 nitrogen and oxygen atoms in total. The van der Waals surface area contributed by atoms with Crippen molar-refractivity contribution in [2.45, 2.75) is 39.2 Å². The molecule has 0 saturated carbocycles. The molecule has 0 unspecified atom stereocenters. The number of ether oxygens (including phenoxy) is 4. The van der Waals surface area contributed by atoms with Crippen molar-refractivity contribution in [3.05, 3.63) is 151 Å². The highest BCUT2D eigenvalue weighted by Crippen LogP contribution is 2.23. The number of rotatable bonds is 21. The highest BCUT2D eigenvalue weighted by molar-refractivity contribution is 5.96. The maximum atomic E-state index is 14.8. The number of hydrogen-bond donors (Lipinski definition) is 4. The molecule has 6 aromatic rings. The first-order valence-corrected chi connectivity index (χ1v) is 26.6. The third kappa shape index (κ3) is 16.5. The van der Waals surface area contributed by atoms with Gasteiger partial charge in [-0.05, 0) is 68.3 Å². The average molecular weight is 1120 g/mol. The van der Waals surface area contributed by atoms with Gasteiger partial charge in [-0.3, -0.25) is 28.8 Å². The Morgan fingerprint density at radius 3 is 1.35 bits per heavy atom. The lowest BCUT2D eigenvalue weighted by Crippen LogP contribution is -2.51. The minimum atomic E-state index is -1.02. The molecule has 24 heteroatoms. The molecule has 0 aliphatic carbocycles. The van der Waals surface area contributed by atoms with E-state index in [0.29, 0.717) is 109 Å². The highest BCUT2D eigenvalue weighted by Gasteiger charge is 2.29. The van der Waals surface area contributed by atoms with E-state index in [2.05, 4.69) is 20.4 Å². The third-order valence-corrected chi connectivity index (χ3v) is 13.6. The molecule has 2 saturated heterocycles. The molecular formula is C57H68F2N10O12. The second-order valence-electron chi connectivity index (χ2n) is 20.1. The van der Waals surface area contributed by atoms with Gasteiger partial charge >= 0.3 is 6.09 Å². The molecule has 4 aromatic carbocycles. The molecule has 4 heterocycles. The summed E-state index contributed by atoms with van der Waals surface area (Å²) in [7, 11) is 0.